The summed E-state index contributed by atoms with van der Waals surface area (Å²) in [5, 5.41) is 4.97. The zero-order valence-electron chi connectivity index (χ0n) is 35.8. The van der Waals surface area contributed by atoms with Crippen molar-refractivity contribution in [2.75, 3.05) is 0 Å². The molecular formula is C60H46N2S2. The molecule has 64 heavy (non-hydrogen) atoms. The predicted octanol–water partition coefficient (Wildman–Crippen LogP) is 16.8. The van der Waals surface area contributed by atoms with Gasteiger partial charge < -0.3 is 4.57 Å². The van der Waals surface area contributed by atoms with Crippen molar-refractivity contribution in [3.8, 4) is 67.0 Å². The molecule has 0 saturated heterocycles. The lowest BCUT2D eigenvalue weighted by Gasteiger charge is -2.22. The molecule has 0 aliphatic heterocycles. The first-order chi connectivity index (χ1) is 31.5. The van der Waals surface area contributed by atoms with E-state index in [-0.39, 0.29) is 11.5 Å². The Balaban J connectivity index is 0.00000225. The second kappa shape index (κ2) is 16.4. The molecule has 0 spiro atoms. The summed E-state index contributed by atoms with van der Waals surface area (Å²) in [4.78, 5) is 5.34. The standard InChI is InChI=1S/C60H44N2.H2S2/c1-60(2)53-26-16-15-25-47(53)48-31-27-44(37-54(48)60)42-28-32-49-51(35-42)57(39-17-7-3-8-18-39)50-33-29-43(36-52(50)58(49)40-19-9-4-10-20-40)45-30-34-56-55(38-45)61-59(41-21-11-5-12-22-41)62(56)46-23-13-6-14-24-46;1-2/h3-23,25-38,46H,24H2,1-2H3;1-2H. The molecule has 0 N–H and O–H groups in total. The van der Waals surface area contributed by atoms with Gasteiger partial charge in [0.05, 0.1) is 17.1 Å². The van der Waals surface area contributed by atoms with Gasteiger partial charge in [0.2, 0.25) is 0 Å². The van der Waals surface area contributed by atoms with E-state index >= 15 is 0 Å². The van der Waals surface area contributed by atoms with Crippen molar-refractivity contribution in [1.29, 1.82) is 0 Å². The number of hydrogen-bond donors (Lipinski definition) is 2. The molecule has 0 amide bonds. The smallest absolute Gasteiger partial charge is 0.141 e. The highest BCUT2D eigenvalue weighted by Crippen LogP contribution is 2.51. The van der Waals surface area contributed by atoms with Crippen molar-refractivity contribution in [3.63, 3.8) is 0 Å². The van der Waals surface area contributed by atoms with Crippen LogP contribution >= 0.6 is 23.3 Å². The molecular weight excluding hydrogens is 813 g/mol. The molecule has 2 nitrogen and oxygen atoms in total. The number of thiol groups is 2. The first kappa shape index (κ1) is 40.0. The number of fused-ring (bicyclic) bond motifs is 6. The molecule has 0 radical (unpaired) electrons. The van der Waals surface area contributed by atoms with Crippen molar-refractivity contribution in [1.82, 2.24) is 9.55 Å². The van der Waals surface area contributed by atoms with Gasteiger partial charge in [0.15, 0.2) is 0 Å². The maximum absolute atomic E-state index is 5.34. The molecule has 1 aromatic heterocycles. The number of aromatic nitrogens is 2. The Bertz CT molecular complexity index is 3450. The monoisotopic (exact) mass is 858 g/mol. The van der Waals surface area contributed by atoms with E-state index in [0.717, 1.165) is 34.4 Å². The van der Waals surface area contributed by atoms with Gasteiger partial charge >= 0.3 is 0 Å². The van der Waals surface area contributed by atoms with Crippen molar-refractivity contribution < 1.29 is 0 Å². The van der Waals surface area contributed by atoms with Crippen LogP contribution in [0.1, 0.15) is 37.4 Å². The van der Waals surface area contributed by atoms with E-state index in [4.69, 9.17) is 4.98 Å². The third kappa shape index (κ3) is 6.63. The summed E-state index contributed by atoms with van der Waals surface area (Å²) in [6.45, 7) is 4.72. The van der Waals surface area contributed by atoms with Crippen LogP contribution in [0.25, 0.3) is 99.6 Å². The van der Waals surface area contributed by atoms with Gasteiger partial charge in [0.25, 0.3) is 0 Å². The van der Waals surface area contributed by atoms with Crippen LogP contribution in [0.4, 0.5) is 0 Å². The fraction of sp³-hybridized carbons (Fsp3) is 0.0833. The second-order valence-electron chi connectivity index (χ2n) is 17.4. The zero-order chi connectivity index (χ0) is 43.4. The lowest BCUT2D eigenvalue weighted by atomic mass is 9.81. The maximum Gasteiger partial charge on any atom is 0.141 e. The van der Waals surface area contributed by atoms with Crippen LogP contribution in [0.15, 0.2) is 212 Å². The number of rotatable bonds is 6. The first-order valence-electron chi connectivity index (χ1n) is 22.0. The highest BCUT2D eigenvalue weighted by atomic mass is 33.1. The number of imidazole rings is 1. The van der Waals surface area contributed by atoms with Crippen LogP contribution in [0, 0.1) is 0 Å². The highest BCUT2D eigenvalue weighted by Gasteiger charge is 2.35. The summed E-state index contributed by atoms with van der Waals surface area (Å²) in [6, 6.07) is 69.8. The molecule has 0 fully saturated rings. The molecule has 1 heterocycles. The fourth-order valence-corrected chi connectivity index (χ4v) is 10.5. The number of benzene rings is 9. The molecule has 12 rings (SSSR count). The molecule has 10 aromatic rings. The average Bonchev–Trinajstić information content (AvgIpc) is 3.86. The zero-order valence-corrected chi connectivity index (χ0v) is 37.6. The topological polar surface area (TPSA) is 17.8 Å². The van der Waals surface area contributed by atoms with E-state index in [1.54, 1.807) is 0 Å². The molecule has 0 saturated carbocycles. The van der Waals surface area contributed by atoms with Crippen LogP contribution in [0.5, 0.6) is 0 Å². The van der Waals surface area contributed by atoms with E-state index in [2.05, 4.69) is 254 Å². The van der Waals surface area contributed by atoms with Crippen LogP contribution < -0.4 is 0 Å². The average molecular weight is 859 g/mol. The van der Waals surface area contributed by atoms with Crippen LogP contribution in [0.2, 0.25) is 0 Å². The van der Waals surface area contributed by atoms with Gasteiger partial charge in [-0.15, -0.1) is 23.3 Å². The minimum Gasteiger partial charge on any atom is -0.317 e. The van der Waals surface area contributed by atoms with E-state index in [1.165, 1.54) is 82.7 Å². The molecule has 4 heteroatoms. The van der Waals surface area contributed by atoms with Gasteiger partial charge in [-0.05, 0) is 125 Å². The van der Waals surface area contributed by atoms with Gasteiger partial charge in [-0.2, -0.15) is 0 Å². The SMILES string of the molecule is CC1(C)c2ccccc2-c2ccc(-c3ccc4c(-c5ccccc5)c5cc(-c6ccc7c(c6)nc(-c6ccccc6)n7C6C=CC=CC6)ccc5c(-c5ccccc5)c4c3)cc21.SS. The van der Waals surface area contributed by atoms with Gasteiger partial charge in [0, 0.05) is 11.0 Å². The predicted molar refractivity (Wildman–Crippen MR) is 279 cm³/mol. The summed E-state index contributed by atoms with van der Waals surface area (Å²) >= 11 is 6.44. The normalized spacial score (nSPS) is 14.7. The van der Waals surface area contributed by atoms with Gasteiger partial charge in [-0.3, -0.25) is 0 Å². The number of hydrogen-bond acceptors (Lipinski definition) is 3. The Hall–Kier alpha value is -6.85. The molecule has 1 atom stereocenters. The highest BCUT2D eigenvalue weighted by molar-refractivity contribution is 8.59. The van der Waals surface area contributed by atoms with Crippen LogP contribution in [-0.4, -0.2) is 9.55 Å². The largest absolute Gasteiger partial charge is 0.317 e. The summed E-state index contributed by atoms with van der Waals surface area (Å²) in [5.41, 5.74) is 18.4. The van der Waals surface area contributed by atoms with Crippen molar-refractivity contribution in [3.05, 3.63) is 223 Å². The van der Waals surface area contributed by atoms with Gasteiger partial charge in [-0.25, -0.2) is 4.98 Å². The Labute approximate surface area is 385 Å². The summed E-state index contributed by atoms with van der Waals surface area (Å²) in [6.07, 6.45) is 9.78. The summed E-state index contributed by atoms with van der Waals surface area (Å²) in [7, 11) is 0. The Kier molecular flexibility index (Phi) is 10.2. The Morgan fingerprint density at radius 2 is 0.984 bits per heavy atom. The van der Waals surface area contributed by atoms with Crippen molar-refractivity contribution in [2.24, 2.45) is 0 Å². The van der Waals surface area contributed by atoms with Crippen LogP contribution in [0.3, 0.4) is 0 Å². The minimum atomic E-state index is -0.0680. The summed E-state index contributed by atoms with van der Waals surface area (Å²) < 4.78 is 2.41. The third-order valence-electron chi connectivity index (χ3n) is 13.5. The van der Waals surface area contributed by atoms with E-state index < -0.39 is 0 Å². The number of nitrogens with zero attached hydrogens (tertiary/aromatic N) is 2. The van der Waals surface area contributed by atoms with E-state index in [0.29, 0.717) is 0 Å². The third-order valence-corrected chi connectivity index (χ3v) is 13.5. The quantitative estimate of drug-likeness (QED) is 0.0968. The Morgan fingerprint density at radius 3 is 1.59 bits per heavy atom. The first-order valence-corrected chi connectivity index (χ1v) is 23.6. The van der Waals surface area contributed by atoms with E-state index in [9.17, 15) is 0 Å². The molecule has 9 aromatic carbocycles. The lowest BCUT2D eigenvalue weighted by Crippen LogP contribution is -2.14. The molecule has 2 aliphatic carbocycles. The Morgan fingerprint density at radius 1 is 0.469 bits per heavy atom. The van der Waals surface area contributed by atoms with Crippen molar-refractivity contribution in [2.45, 2.75) is 31.7 Å². The molecule has 0 bridgehead atoms. The van der Waals surface area contributed by atoms with Crippen molar-refractivity contribution >= 4 is 55.9 Å². The molecule has 1 unspecified atom stereocenters. The molecule has 308 valence electrons. The molecule has 2 aliphatic rings. The van der Waals surface area contributed by atoms with Crippen LogP contribution in [-0.2, 0) is 5.41 Å². The summed E-state index contributed by atoms with van der Waals surface area (Å²) in [5.74, 6) is 1.000. The second-order valence-corrected chi connectivity index (χ2v) is 17.4. The van der Waals surface area contributed by atoms with Gasteiger partial charge in [-0.1, -0.05) is 196 Å². The lowest BCUT2D eigenvalue weighted by molar-refractivity contribution is 0.631. The van der Waals surface area contributed by atoms with E-state index in [1.807, 2.05) is 0 Å². The maximum atomic E-state index is 5.34. The fourth-order valence-electron chi connectivity index (χ4n) is 10.5. The number of allylic oxidation sites excluding steroid dienone is 4. The minimum absolute atomic E-state index is 0.0680. The van der Waals surface area contributed by atoms with Gasteiger partial charge in [0.1, 0.15) is 5.82 Å².